The quantitative estimate of drug-likeness (QED) is 0.192. The van der Waals surface area contributed by atoms with Gasteiger partial charge in [-0.3, -0.25) is 0 Å². The molecule has 3 aromatic heterocycles. The topological polar surface area (TPSA) is 112 Å². The predicted octanol–water partition coefficient (Wildman–Crippen LogP) is 5.03. The van der Waals surface area contributed by atoms with Crippen LogP contribution in [-0.2, 0) is 30.0 Å². The van der Waals surface area contributed by atoms with Gasteiger partial charge in [0.25, 0.3) is 0 Å². The average molecular weight is 739 g/mol. The van der Waals surface area contributed by atoms with Crippen molar-refractivity contribution in [2.24, 2.45) is 7.05 Å². The van der Waals surface area contributed by atoms with E-state index in [2.05, 4.69) is 26.9 Å². The van der Waals surface area contributed by atoms with E-state index in [1.54, 1.807) is 55.6 Å². The Morgan fingerprint density at radius 1 is 1.04 bits per heavy atom. The summed E-state index contributed by atoms with van der Waals surface area (Å²) in [7, 11) is -0.731. The number of benzene rings is 3. The first kappa shape index (κ1) is 32.6. The molecule has 240 valence electrons. The van der Waals surface area contributed by atoms with Gasteiger partial charge in [-0.15, -0.1) is 0 Å². The molecular formula is C32H26AsClF2N6O4S. The van der Waals surface area contributed by atoms with E-state index in [9.17, 15) is 22.0 Å². The van der Waals surface area contributed by atoms with Crippen LogP contribution in [0.1, 0.15) is 21.7 Å². The number of anilines is 1. The van der Waals surface area contributed by atoms with Gasteiger partial charge in [0.2, 0.25) is 0 Å². The molecule has 0 aliphatic heterocycles. The number of halogens is 3. The van der Waals surface area contributed by atoms with E-state index in [1.807, 2.05) is 0 Å². The predicted molar refractivity (Wildman–Crippen MR) is 177 cm³/mol. The van der Waals surface area contributed by atoms with Gasteiger partial charge < -0.3 is 4.74 Å². The number of fused-ring (bicyclic) bond motifs is 2. The zero-order valence-corrected chi connectivity index (χ0v) is 28.7. The zero-order valence-electron chi connectivity index (χ0n) is 25.2. The summed E-state index contributed by atoms with van der Waals surface area (Å²) in [5.74, 6) is -0.520. The SMILES string of the molecule is COc1ccc(CN(c2nn(C)c3c(-n4c([C@@H]([As])Cc5cc(F)cc(F)c5)nc5ncccc5c4=O)ccc(Cl)c23)S(C)(=O)=O)cc1. The monoisotopic (exact) mass is 738 g/mol. The van der Waals surface area contributed by atoms with Crippen molar-refractivity contribution in [3.63, 3.8) is 0 Å². The van der Waals surface area contributed by atoms with Gasteiger partial charge >= 0.3 is 266 Å². The Morgan fingerprint density at radius 3 is 2.40 bits per heavy atom. The molecule has 0 spiro atoms. The fourth-order valence-electron chi connectivity index (χ4n) is 5.47. The van der Waals surface area contributed by atoms with E-state index in [4.69, 9.17) is 21.3 Å². The van der Waals surface area contributed by atoms with Crippen molar-refractivity contribution < 1.29 is 21.9 Å². The number of sulfonamides is 1. The fraction of sp³-hybridized carbons (Fsp3) is 0.188. The van der Waals surface area contributed by atoms with Crippen LogP contribution in [0.3, 0.4) is 0 Å². The van der Waals surface area contributed by atoms with Gasteiger partial charge in [0.05, 0.1) is 7.11 Å². The third-order valence-corrected chi connectivity index (χ3v) is 9.86. The maximum absolute atomic E-state index is 14.2. The second-order valence-corrected chi connectivity index (χ2v) is 14.5. The van der Waals surface area contributed by atoms with Gasteiger partial charge in [-0.05, 0) is 0 Å². The van der Waals surface area contributed by atoms with Crippen molar-refractivity contribution in [3.05, 3.63) is 117 Å². The van der Waals surface area contributed by atoms with Crippen molar-refractivity contribution in [1.82, 2.24) is 24.3 Å². The third kappa shape index (κ3) is 6.35. The molecule has 15 heteroatoms. The summed E-state index contributed by atoms with van der Waals surface area (Å²) in [6.07, 6.45) is 2.71. The number of methoxy groups -OCH3 is 1. The molecule has 0 unspecified atom stereocenters. The molecule has 0 aliphatic carbocycles. The molecule has 0 saturated carbocycles. The molecule has 2 radical (unpaired) electrons. The number of ether oxygens (including phenoxy) is 1. The van der Waals surface area contributed by atoms with Crippen LogP contribution >= 0.6 is 11.6 Å². The maximum atomic E-state index is 14.2. The Morgan fingerprint density at radius 2 is 1.74 bits per heavy atom. The Kier molecular flexibility index (Phi) is 8.82. The number of nitrogens with zero attached hydrogens (tertiary/aromatic N) is 6. The molecular weight excluding hydrogens is 713 g/mol. The van der Waals surface area contributed by atoms with Gasteiger partial charge in [0, 0.05) is 0 Å². The van der Waals surface area contributed by atoms with Crippen molar-refractivity contribution in [1.29, 1.82) is 0 Å². The molecule has 0 bridgehead atoms. The molecule has 0 fully saturated rings. The molecule has 10 nitrogen and oxygen atoms in total. The number of aromatic nitrogens is 5. The average Bonchev–Trinajstić information content (AvgIpc) is 3.37. The first-order chi connectivity index (χ1) is 22.3. The summed E-state index contributed by atoms with van der Waals surface area (Å²) in [5.41, 5.74) is 1.46. The van der Waals surface area contributed by atoms with Crippen LogP contribution < -0.4 is 14.6 Å². The van der Waals surface area contributed by atoms with Crippen molar-refractivity contribution in [2.75, 3.05) is 17.7 Å². The first-order valence-corrected chi connectivity index (χ1v) is 17.4. The van der Waals surface area contributed by atoms with Crippen LogP contribution in [0, 0.1) is 11.6 Å². The summed E-state index contributed by atoms with van der Waals surface area (Å²) < 4.78 is 63.2. The van der Waals surface area contributed by atoms with E-state index in [1.165, 1.54) is 34.7 Å². The van der Waals surface area contributed by atoms with Crippen LogP contribution in [0.15, 0.2) is 77.7 Å². The molecule has 0 amide bonds. The molecule has 6 aromatic rings. The standard InChI is InChI=1S/C32H26AsClF2N6O4S/c1-40-28-26(11-10-25(34)27(28)31(39-40)41(47(3,44)45)17-18-6-8-22(46-2)9-7-18)42-30(38-29-23(32(42)43)5-4-12-37-29)24(33)15-19-13-20(35)16-21(36)14-19/h4-14,16,24H,15,17H2,1-3H3/t24-/m0/s1. The molecule has 3 aromatic carbocycles. The van der Waals surface area contributed by atoms with Crippen LogP contribution in [0.5, 0.6) is 5.75 Å². The molecule has 0 aliphatic rings. The zero-order chi connectivity index (χ0) is 33.6. The molecule has 0 saturated heterocycles. The van der Waals surface area contributed by atoms with Crippen LogP contribution in [0.4, 0.5) is 14.6 Å². The number of pyridine rings is 1. The minimum absolute atomic E-state index is 0.0530. The van der Waals surface area contributed by atoms with Gasteiger partial charge in [-0.1, -0.05) is 0 Å². The Labute approximate surface area is 282 Å². The minimum atomic E-state index is -3.89. The molecule has 47 heavy (non-hydrogen) atoms. The fourth-order valence-corrected chi connectivity index (χ4v) is 7.34. The molecule has 3 heterocycles. The van der Waals surface area contributed by atoms with Gasteiger partial charge in [0.1, 0.15) is 5.75 Å². The van der Waals surface area contributed by atoms with Gasteiger partial charge in [0.15, 0.2) is 0 Å². The van der Waals surface area contributed by atoms with Crippen molar-refractivity contribution >= 4 is 66.2 Å². The second kappa shape index (κ2) is 12.7. The van der Waals surface area contributed by atoms with Gasteiger partial charge in [-0.2, -0.15) is 0 Å². The summed E-state index contributed by atoms with van der Waals surface area (Å²) >= 11 is 9.16. The van der Waals surface area contributed by atoms with Crippen LogP contribution in [0.25, 0.3) is 27.6 Å². The Bertz CT molecular complexity index is 2310. The van der Waals surface area contributed by atoms with E-state index in [-0.39, 0.29) is 40.7 Å². The number of hydrogen-bond donors (Lipinski definition) is 0. The van der Waals surface area contributed by atoms with E-state index in [0.717, 1.165) is 16.6 Å². The summed E-state index contributed by atoms with van der Waals surface area (Å²) in [5, 5.41) is 5.34. The van der Waals surface area contributed by atoms with Crippen LogP contribution in [-0.4, -0.2) is 63.0 Å². The van der Waals surface area contributed by atoms with Crippen molar-refractivity contribution in [2.45, 2.75) is 17.7 Å². The number of aryl methyl sites for hydroxylation is 1. The van der Waals surface area contributed by atoms with Crippen molar-refractivity contribution in [3.8, 4) is 11.4 Å². The molecule has 1 atom stereocenters. The van der Waals surface area contributed by atoms with E-state index >= 15 is 0 Å². The Balaban J connectivity index is 1.57. The Hall–Kier alpha value is -4.32. The molecule has 6 rings (SSSR count). The van der Waals surface area contributed by atoms with Crippen LogP contribution in [0.2, 0.25) is 5.02 Å². The normalized spacial score (nSPS) is 12.5. The summed E-state index contributed by atoms with van der Waals surface area (Å²) in [4.78, 5) is 23.2. The summed E-state index contributed by atoms with van der Waals surface area (Å²) in [6, 6.07) is 16.6. The van der Waals surface area contributed by atoms with E-state index < -0.39 is 31.9 Å². The number of hydrogen-bond acceptors (Lipinski definition) is 7. The summed E-state index contributed by atoms with van der Waals surface area (Å²) in [6.45, 7) is -0.0530. The van der Waals surface area contributed by atoms with E-state index in [0.29, 0.717) is 33.5 Å². The number of rotatable bonds is 9. The van der Waals surface area contributed by atoms with Gasteiger partial charge in [-0.25, -0.2) is 0 Å². The second-order valence-electron chi connectivity index (χ2n) is 10.8. The first-order valence-electron chi connectivity index (χ1n) is 14.1. The third-order valence-electron chi connectivity index (χ3n) is 7.58. The molecule has 0 N–H and O–H groups in total.